The topological polar surface area (TPSA) is 56.7 Å². The molecular weight excluding hydrogens is 284 g/mol. The molecule has 106 valence electrons. The van der Waals surface area contributed by atoms with E-state index in [1.54, 1.807) is 0 Å². The maximum absolute atomic E-state index is 6.53. The van der Waals surface area contributed by atoms with E-state index in [-0.39, 0.29) is 0 Å². The highest BCUT2D eigenvalue weighted by molar-refractivity contribution is 6.37. The first-order valence-corrected chi connectivity index (χ1v) is 7.48. The summed E-state index contributed by atoms with van der Waals surface area (Å²) in [6.45, 7) is 0.939. The molecule has 1 aromatic heterocycles. The van der Waals surface area contributed by atoms with E-state index in [1.165, 1.54) is 12.8 Å². The fourth-order valence-electron chi connectivity index (χ4n) is 2.57. The Bertz CT molecular complexity index is 803. The lowest BCUT2D eigenvalue weighted by Gasteiger charge is -2.06. The Morgan fingerprint density at radius 2 is 1.90 bits per heavy atom. The Morgan fingerprint density at radius 1 is 1.14 bits per heavy atom. The van der Waals surface area contributed by atoms with Crippen LogP contribution in [0.15, 0.2) is 36.4 Å². The van der Waals surface area contributed by atoms with Gasteiger partial charge in [-0.2, -0.15) is 0 Å². The van der Waals surface area contributed by atoms with Gasteiger partial charge in [0, 0.05) is 17.8 Å². The molecule has 0 aliphatic heterocycles. The van der Waals surface area contributed by atoms with Gasteiger partial charge >= 0.3 is 0 Å². The van der Waals surface area contributed by atoms with Crippen LogP contribution < -0.4 is 5.73 Å². The standard InChI is InChI=1S/C16H15ClN4/c17-15-13(11-3-5-12(18)6-4-11)7-8-14-16(15)19-20-21(14)9-10-1-2-10/h3-8,10H,1-2,9,18H2. The van der Waals surface area contributed by atoms with Crippen LogP contribution in [0.1, 0.15) is 12.8 Å². The van der Waals surface area contributed by atoms with Gasteiger partial charge in [0.1, 0.15) is 5.52 Å². The molecule has 1 fully saturated rings. The third kappa shape index (κ3) is 2.25. The second-order valence-corrected chi connectivity index (χ2v) is 6.01. The number of halogens is 1. The molecule has 2 aromatic carbocycles. The van der Waals surface area contributed by atoms with Crippen molar-refractivity contribution < 1.29 is 0 Å². The summed E-state index contributed by atoms with van der Waals surface area (Å²) < 4.78 is 1.96. The van der Waals surface area contributed by atoms with Crippen LogP contribution >= 0.6 is 11.6 Å². The van der Waals surface area contributed by atoms with Crippen molar-refractivity contribution in [2.75, 3.05) is 5.73 Å². The summed E-state index contributed by atoms with van der Waals surface area (Å²) in [5.74, 6) is 0.755. The van der Waals surface area contributed by atoms with Crippen LogP contribution in [0.4, 0.5) is 5.69 Å². The summed E-state index contributed by atoms with van der Waals surface area (Å²) in [5.41, 5.74) is 10.2. The van der Waals surface area contributed by atoms with Gasteiger partial charge in [-0.3, -0.25) is 0 Å². The zero-order valence-electron chi connectivity index (χ0n) is 11.5. The van der Waals surface area contributed by atoms with Gasteiger partial charge in [0.15, 0.2) is 0 Å². The van der Waals surface area contributed by atoms with Gasteiger partial charge in [0.05, 0.1) is 10.5 Å². The van der Waals surface area contributed by atoms with Crippen LogP contribution in [-0.2, 0) is 6.54 Å². The first kappa shape index (κ1) is 12.7. The molecule has 0 radical (unpaired) electrons. The molecule has 1 saturated carbocycles. The third-order valence-electron chi connectivity index (χ3n) is 3.98. The highest BCUT2D eigenvalue weighted by Crippen LogP contribution is 2.35. The average Bonchev–Trinajstić information content (AvgIpc) is 3.20. The first-order chi connectivity index (χ1) is 10.2. The molecule has 0 bridgehead atoms. The molecule has 5 heteroatoms. The summed E-state index contributed by atoms with van der Waals surface area (Å²) in [7, 11) is 0. The van der Waals surface area contributed by atoms with Crippen molar-refractivity contribution in [2.24, 2.45) is 5.92 Å². The summed E-state index contributed by atoms with van der Waals surface area (Å²) in [5, 5.41) is 9.16. The van der Waals surface area contributed by atoms with Gasteiger partial charge in [-0.05, 0) is 42.5 Å². The predicted octanol–water partition coefficient (Wildman–Crippen LogP) is 3.74. The predicted molar refractivity (Wildman–Crippen MR) is 85.1 cm³/mol. The summed E-state index contributed by atoms with van der Waals surface area (Å²) in [6.07, 6.45) is 2.58. The molecule has 4 rings (SSSR count). The van der Waals surface area contributed by atoms with Crippen LogP contribution in [0.25, 0.3) is 22.2 Å². The lowest BCUT2D eigenvalue weighted by molar-refractivity contribution is 0.559. The van der Waals surface area contributed by atoms with E-state index in [9.17, 15) is 0 Å². The maximum atomic E-state index is 6.53. The number of aromatic nitrogens is 3. The second kappa shape index (κ2) is 4.74. The molecule has 1 aliphatic carbocycles. The van der Waals surface area contributed by atoms with E-state index < -0.39 is 0 Å². The number of nitrogens with two attached hydrogens (primary N) is 1. The van der Waals surface area contributed by atoms with Crippen LogP contribution in [-0.4, -0.2) is 15.0 Å². The Labute approximate surface area is 127 Å². The largest absolute Gasteiger partial charge is 0.399 e. The van der Waals surface area contributed by atoms with Crippen LogP contribution in [0, 0.1) is 5.92 Å². The molecule has 0 unspecified atom stereocenters. The molecule has 0 amide bonds. The molecule has 1 aliphatic rings. The zero-order chi connectivity index (χ0) is 14.4. The van der Waals surface area contributed by atoms with Crippen molar-refractivity contribution in [1.29, 1.82) is 0 Å². The Morgan fingerprint density at radius 3 is 2.62 bits per heavy atom. The third-order valence-corrected chi connectivity index (χ3v) is 4.36. The summed E-state index contributed by atoms with van der Waals surface area (Å²) in [4.78, 5) is 0. The molecule has 21 heavy (non-hydrogen) atoms. The summed E-state index contributed by atoms with van der Waals surface area (Å²) >= 11 is 6.53. The number of nitrogen functional groups attached to an aromatic ring is 1. The van der Waals surface area contributed by atoms with E-state index in [0.29, 0.717) is 5.02 Å². The normalized spacial score (nSPS) is 14.7. The first-order valence-electron chi connectivity index (χ1n) is 7.10. The molecule has 0 atom stereocenters. The van der Waals surface area contributed by atoms with Crippen molar-refractivity contribution in [3.05, 3.63) is 41.4 Å². The molecule has 0 spiro atoms. The fourth-order valence-corrected chi connectivity index (χ4v) is 2.88. The van der Waals surface area contributed by atoms with Gasteiger partial charge in [0.25, 0.3) is 0 Å². The van der Waals surface area contributed by atoms with Gasteiger partial charge in [-0.1, -0.05) is 35.0 Å². The number of nitrogens with zero attached hydrogens (tertiary/aromatic N) is 3. The highest BCUT2D eigenvalue weighted by atomic mass is 35.5. The Balaban J connectivity index is 1.80. The van der Waals surface area contributed by atoms with Gasteiger partial charge in [0.2, 0.25) is 0 Å². The Kier molecular flexibility index (Phi) is 2.86. The minimum Gasteiger partial charge on any atom is -0.399 e. The number of hydrogen-bond donors (Lipinski definition) is 1. The number of hydrogen-bond acceptors (Lipinski definition) is 3. The number of rotatable bonds is 3. The second-order valence-electron chi connectivity index (χ2n) is 5.63. The van der Waals surface area contributed by atoms with E-state index in [0.717, 1.165) is 40.3 Å². The van der Waals surface area contributed by atoms with Crippen molar-refractivity contribution >= 4 is 28.3 Å². The van der Waals surface area contributed by atoms with Crippen molar-refractivity contribution in [3.8, 4) is 11.1 Å². The highest BCUT2D eigenvalue weighted by Gasteiger charge is 2.23. The average molecular weight is 299 g/mol. The molecule has 2 N–H and O–H groups in total. The lowest BCUT2D eigenvalue weighted by Crippen LogP contribution is -2.01. The number of fused-ring (bicyclic) bond motifs is 1. The monoisotopic (exact) mass is 298 g/mol. The Hall–Kier alpha value is -2.07. The van der Waals surface area contributed by atoms with E-state index >= 15 is 0 Å². The van der Waals surface area contributed by atoms with Crippen LogP contribution in [0.2, 0.25) is 5.02 Å². The van der Waals surface area contributed by atoms with Crippen molar-refractivity contribution in [3.63, 3.8) is 0 Å². The van der Waals surface area contributed by atoms with E-state index in [4.69, 9.17) is 17.3 Å². The van der Waals surface area contributed by atoms with Gasteiger partial charge in [-0.25, -0.2) is 4.68 Å². The molecule has 3 aromatic rings. The number of anilines is 1. The maximum Gasteiger partial charge on any atom is 0.132 e. The number of benzene rings is 2. The molecular formula is C16H15ClN4. The van der Waals surface area contributed by atoms with Gasteiger partial charge < -0.3 is 5.73 Å². The molecule has 4 nitrogen and oxygen atoms in total. The lowest BCUT2D eigenvalue weighted by atomic mass is 10.0. The zero-order valence-corrected chi connectivity index (χ0v) is 12.2. The van der Waals surface area contributed by atoms with Crippen LogP contribution in [0.3, 0.4) is 0 Å². The quantitative estimate of drug-likeness (QED) is 0.749. The minimum absolute atomic E-state index is 0.652. The SMILES string of the molecule is Nc1ccc(-c2ccc3c(nnn3CC3CC3)c2Cl)cc1. The van der Waals surface area contributed by atoms with E-state index in [1.807, 2.05) is 35.0 Å². The van der Waals surface area contributed by atoms with Crippen molar-refractivity contribution in [2.45, 2.75) is 19.4 Å². The molecule has 1 heterocycles. The smallest absolute Gasteiger partial charge is 0.132 e. The van der Waals surface area contributed by atoms with Crippen molar-refractivity contribution in [1.82, 2.24) is 15.0 Å². The summed E-state index contributed by atoms with van der Waals surface area (Å²) in [6, 6.07) is 11.8. The van der Waals surface area contributed by atoms with Gasteiger partial charge in [-0.15, -0.1) is 5.10 Å². The fraction of sp³-hybridized carbons (Fsp3) is 0.250. The van der Waals surface area contributed by atoms with Crippen LogP contribution in [0.5, 0.6) is 0 Å². The minimum atomic E-state index is 0.652. The van der Waals surface area contributed by atoms with E-state index in [2.05, 4.69) is 16.4 Å². The molecule has 0 saturated heterocycles.